The number of nitrogens with two attached hydrogens (primary N) is 1. The van der Waals surface area contributed by atoms with Crippen molar-refractivity contribution >= 4 is 17.9 Å². The highest BCUT2D eigenvalue weighted by molar-refractivity contribution is 5.59. The van der Waals surface area contributed by atoms with Gasteiger partial charge in [0.05, 0.1) is 5.69 Å². The number of nitrogens with zero attached hydrogens (tertiary/aromatic N) is 5. The van der Waals surface area contributed by atoms with E-state index in [9.17, 15) is 4.79 Å². The predicted molar refractivity (Wildman–Crippen MR) is 108 cm³/mol. The third-order valence-electron chi connectivity index (χ3n) is 4.12. The van der Waals surface area contributed by atoms with Gasteiger partial charge in [-0.15, -0.1) is 0 Å². The van der Waals surface area contributed by atoms with Crippen LogP contribution in [-0.4, -0.2) is 44.7 Å². The monoisotopic (exact) mass is 377 g/mol. The molecule has 3 aromatic rings. The summed E-state index contributed by atoms with van der Waals surface area (Å²) in [6.07, 6.45) is 4.64. The van der Waals surface area contributed by atoms with E-state index in [0.29, 0.717) is 24.7 Å². The van der Waals surface area contributed by atoms with Gasteiger partial charge in [0.25, 0.3) is 0 Å². The molecule has 0 spiro atoms. The zero-order chi connectivity index (χ0) is 19.8. The maximum Gasteiger partial charge on any atom is 0.230 e. The van der Waals surface area contributed by atoms with Gasteiger partial charge in [0.1, 0.15) is 12.6 Å². The summed E-state index contributed by atoms with van der Waals surface area (Å²) in [5.41, 5.74) is 9.29. The summed E-state index contributed by atoms with van der Waals surface area (Å²) in [6.45, 7) is 1.84. The fourth-order valence-electron chi connectivity index (χ4n) is 2.76. The molecule has 0 atom stereocenters. The van der Waals surface area contributed by atoms with Crippen LogP contribution >= 0.6 is 0 Å². The van der Waals surface area contributed by atoms with Gasteiger partial charge in [-0.1, -0.05) is 12.1 Å². The molecule has 0 aliphatic heterocycles. The van der Waals surface area contributed by atoms with Crippen LogP contribution in [0.1, 0.15) is 17.7 Å². The van der Waals surface area contributed by atoms with Gasteiger partial charge in [0.2, 0.25) is 5.95 Å². The van der Waals surface area contributed by atoms with Gasteiger partial charge in [-0.3, -0.25) is 4.98 Å². The third-order valence-corrected chi connectivity index (χ3v) is 4.12. The van der Waals surface area contributed by atoms with Crippen molar-refractivity contribution < 1.29 is 4.79 Å². The Morgan fingerprint density at radius 2 is 2.07 bits per heavy atom. The van der Waals surface area contributed by atoms with Crippen molar-refractivity contribution in [3.05, 3.63) is 60.2 Å². The van der Waals surface area contributed by atoms with E-state index in [1.165, 1.54) is 6.33 Å². The number of pyridine rings is 1. The van der Waals surface area contributed by atoms with Crippen LogP contribution in [0.15, 0.2) is 48.9 Å². The largest absolute Gasteiger partial charge is 0.325 e. The first-order valence-electron chi connectivity index (χ1n) is 9.00. The van der Waals surface area contributed by atoms with Crippen molar-refractivity contribution in [3.8, 4) is 11.4 Å². The minimum Gasteiger partial charge on any atom is -0.325 e. The standard InChI is InChI=1S/C20H23N7O/c1-27(8-3-9-28)13-15-4-2-5-17(10-15)25-20-24-14-23-19(26-20)16-6-7-22-18(11-16)12-21/h2,4-7,9-11,14H,3,8,12-13,21H2,1H3,(H,23,24,25,26). The van der Waals surface area contributed by atoms with Gasteiger partial charge < -0.3 is 20.7 Å². The molecular formula is C20H23N7O. The summed E-state index contributed by atoms with van der Waals surface area (Å²) in [5, 5.41) is 3.22. The maximum atomic E-state index is 10.5. The lowest BCUT2D eigenvalue weighted by Gasteiger charge is -2.16. The van der Waals surface area contributed by atoms with Gasteiger partial charge in [-0.05, 0) is 36.9 Å². The number of hydrogen-bond acceptors (Lipinski definition) is 8. The van der Waals surface area contributed by atoms with E-state index in [1.54, 1.807) is 6.20 Å². The van der Waals surface area contributed by atoms with Crippen molar-refractivity contribution in [2.75, 3.05) is 18.9 Å². The molecule has 0 saturated carbocycles. The lowest BCUT2D eigenvalue weighted by atomic mass is 10.2. The molecule has 3 N–H and O–H groups in total. The molecule has 0 bridgehead atoms. The van der Waals surface area contributed by atoms with Crippen molar-refractivity contribution in [3.63, 3.8) is 0 Å². The summed E-state index contributed by atoms with van der Waals surface area (Å²) in [6, 6.07) is 11.7. The first-order valence-corrected chi connectivity index (χ1v) is 9.00. The molecule has 2 heterocycles. The summed E-state index contributed by atoms with van der Waals surface area (Å²) in [4.78, 5) is 29.8. The highest BCUT2D eigenvalue weighted by atomic mass is 16.1. The summed E-state index contributed by atoms with van der Waals surface area (Å²) in [5.74, 6) is 1.02. The van der Waals surface area contributed by atoms with Crippen LogP contribution in [0.4, 0.5) is 11.6 Å². The molecule has 8 nitrogen and oxygen atoms in total. The number of benzene rings is 1. The van der Waals surface area contributed by atoms with Gasteiger partial charge in [-0.25, -0.2) is 9.97 Å². The number of aldehydes is 1. The van der Waals surface area contributed by atoms with E-state index < -0.39 is 0 Å². The van der Waals surface area contributed by atoms with Crippen LogP contribution < -0.4 is 11.1 Å². The van der Waals surface area contributed by atoms with Crippen LogP contribution in [0.3, 0.4) is 0 Å². The topological polar surface area (TPSA) is 110 Å². The van der Waals surface area contributed by atoms with E-state index in [4.69, 9.17) is 5.73 Å². The smallest absolute Gasteiger partial charge is 0.230 e. The molecule has 144 valence electrons. The molecule has 0 aliphatic rings. The third kappa shape index (κ3) is 5.38. The van der Waals surface area contributed by atoms with E-state index in [1.807, 2.05) is 43.4 Å². The summed E-state index contributed by atoms with van der Waals surface area (Å²) >= 11 is 0. The molecule has 1 aromatic carbocycles. The van der Waals surface area contributed by atoms with E-state index in [0.717, 1.165) is 41.9 Å². The summed E-state index contributed by atoms with van der Waals surface area (Å²) in [7, 11) is 1.99. The second-order valence-corrected chi connectivity index (χ2v) is 6.39. The normalized spacial score (nSPS) is 10.8. The van der Waals surface area contributed by atoms with Gasteiger partial charge >= 0.3 is 0 Å². The molecular weight excluding hydrogens is 354 g/mol. The molecule has 0 amide bonds. The first-order chi connectivity index (χ1) is 13.7. The molecule has 0 radical (unpaired) electrons. The second kappa shape index (κ2) is 9.63. The maximum absolute atomic E-state index is 10.5. The number of rotatable bonds is 9. The fraction of sp³-hybridized carbons (Fsp3) is 0.250. The average molecular weight is 377 g/mol. The summed E-state index contributed by atoms with van der Waals surface area (Å²) < 4.78 is 0. The zero-order valence-corrected chi connectivity index (χ0v) is 15.7. The van der Waals surface area contributed by atoms with Crippen LogP contribution in [0, 0.1) is 0 Å². The number of anilines is 2. The van der Waals surface area contributed by atoms with Crippen molar-refractivity contribution in [1.82, 2.24) is 24.8 Å². The quantitative estimate of drug-likeness (QED) is 0.546. The fourth-order valence-corrected chi connectivity index (χ4v) is 2.76. The Hall–Kier alpha value is -3.23. The van der Waals surface area contributed by atoms with Crippen molar-refractivity contribution in [2.45, 2.75) is 19.5 Å². The number of carbonyl (C=O) groups is 1. The zero-order valence-electron chi connectivity index (χ0n) is 15.7. The Kier molecular flexibility index (Phi) is 6.72. The molecule has 0 aliphatic carbocycles. The van der Waals surface area contributed by atoms with E-state index in [-0.39, 0.29) is 0 Å². The number of nitrogens with one attached hydrogen (secondary N) is 1. The molecule has 2 aromatic heterocycles. The van der Waals surface area contributed by atoms with Crippen LogP contribution in [-0.2, 0) is 17.9 Å². The molecule has 0 unspecified atom stereocenters. The minimum absolute atomic E-state index is 0.359. The van der Waals surface area contributed by atoms with Crippen LogP contribution in [0.25, 0.3) is 11.4 Å². The molecule has 8 heteroatoms. The molecule has 28 heavy (non-hydrogen) atoms. The van der Waals surface area contributed by atoms with E-state index >= 15 is 0 Å². The Morgan fingerprint density at radius 3 is 2.89 bits per heavy atom. The highest BCUT2D eigenvalue weighted by Gasteiger charge is 2.07. The molecule has 0 saturated heterocycles. The second-order valence-electron chi connectivity index (χ2n) is 6.39. The highest BCUT2D eigenvalue weighted by Crippen LogP contribution is 2.19. The van der Waals surface area contributed by atoms with Crippen molar-refractivity contribution in [1.29, 1.82) is 0 Å². The van der Waals surface area contributed by atoms with Gasteiger partial charge in [-0.2, -0.15) is 4.98 Å². The Labute approximate surface area is 163 Å². The van der Waals surface area contributed by atoms with Gasteiger partial charge in [0, 0.05) is 43.5 Å². The predicted octanol–water partition coefficient (Wildman–Crippen LogP) is 2.16. The Morgan fingerprint density at radius 1 is 1.18 bits per heavy atom. The Bertz CT molecular complexity index is 932. The number of aromatic nitrogens is 4. The molecule has 3 rings (SSSR count). The van der Waals surface area contributed by atoms with Crippen LogP contribution in [0.5, 0.6) is 0 Å². The van der Waals surface area contributed by atoms with E-state index in [2.05, 4.69) is 30.2 Å². The number of carbonyl (C=O) groups excluding carboxylic acids is 1. The lowest BCUT2D eigenvalue weighted by molar-refractivity contribution is -0.108. The molecule has 0 fully saturated rings. The SMILES string of the molecule is CN(CCC=O)Cc1cccc(Nc2ncnc(-c3ccnc(CN)c3)n2)c1. The lowest BCUT2D eigenvalue weighted by Crippen LogP contribution is -2.19. The van der Waals surface area contributed by atoms with Gasteiger partial charge in [0.15, 0.2) is 5.82 Å². The first kappa shape index (κ1) is 19.5. The number of hydrogen-bond donors (Lipinski definition) is 2. The Balaban J connectivity index is 1.73. The minimum atomic E-state index is 0.359. The van der Waals surface area contributed by atoms with Crippen molar-refractivity contribution in [2.24, 2.45) is 5.73 Å². The van der Waals surface area contributed by atoms with Crippen LogP contribution in [0.2, 0.25) is 0 Å². The average Bonchev–Trinajstić information content (AvgIpc) is 2.73.